The van der Waals surface area contributed by atoms with Crippen molar-refractivity contribution >= 4 is 11.8 Å². The molecule has 0 aromatic heterocycles. The molecule has 1 aromatic carbocycles. The first-order valence-electron chi connectivity index (χ1n) is 8.61. The van der Waals surface area contributed by atoms with Crippen molar-refractivity contribution in [2.24, 2.45) is 5.92 Å². The zero-order valence-corrected chi connectivity index (χ0v) is 14.5. The summed E-state index contributed by atoms with van der Waals surface area (Å²) in [4.78, 5) is 26.1. The van der Waals surface area contributed by atoms with E-state index in [1.807, 2.05) is 13.8 Å². The summed E-state index contributed by atoms with van der Waals surface area (Å²) in [5.41, 5.74) is -0.777. The zero-order chi connectivity index (χ0) is 18.6. The van der Waals surface area contributed by atoms with Gasteiger partial charge in [0.15, 0.2) is 11.6 Å². The topological polar surface area (TPSA) is 69.6 Å². The molecule has 1 heterocycles. The van der Waals surface area contributed by atoms with Crippen LogP contribution in [-0.2, 0) is 4.79 Å². The molecule has 2 N–H and O–H groups in total. The van der Waals surface area contributed by atoms with Crippen LogP contribution in [0.2, 0.25) is 0 Å². The van der Waals surface area contributed by atoms with E-state index in [-0.39, 0.29) is 18.5 Å². The summed E-state index contributed by atoms with van der Waals surface area (Å²) in [6.07, 6.45) is 3.01. The number of hydrogen-bond donors (Lipinski definition) is 2. The summed E-state index contributed by atoms with van der Waals surface area (Å²) in [5.74, 6) is -4.46. The number of hydrogen-bond acceptors (Lipinski definition) is 3. The number of likely N-dealkylation sites (tertiary alicyclic amines) is 1. The maximum atomic E-state index is 14.0. The van der Waals surface area contributed by atoms with E-state index in [1.54, 1.807) is 0 Å². The fourth-order valence-electron chi connectivity index (χ4n) is 3.14. The lowest BCUT2D eigenvalue weighted by molar-refractivity contribution is -0.127. The maximum Gasteiger partial charge on any atom is 0.259 e. The molecule has 0 saturated carbocycles. The fraction of sp³-hybridized carbons (Fsp3) is 0.556. The maximum absolute atomic E-state index is 14.0. The fourth-order valence-corrected chi connectivity index (χ4v) is 3.14. The number of carbonyl (C=O) groups excluding carboxylic acids is 2. The molecule has 1 saturated heterocycles. The molecule has 138 valence electrons. The summed E-state index contributed by atoms with van der Waals surface area (Å²) < 4.78 is 27.8. The molecule has 1 aromatic rings. The van der Waals surface area contributed by atoms with E-state index >= 15 is 0 Å². The minimum atomic E-state index is -1.27. The van der Waals surface area contributed by atoms with E-state index in [2.05, 4.69) is 5.32 Å². The number of benzene rings is 1. The molecule has 0 radical (unpaired) electrons. The molecular formula is C18H24F2N2O3. The first-order valence-corrected chi connectivity index (χ1v) is 8.61. The minimum Gasteiger partial charge on any atom is -0.505 e. The number of nitrogens with zero attached hydrogens (tertiary/aromatic N) is 1. The number of amides is 2. The second kappa shape index (κ2) is 8.27. The molecule has 0 bridgehead atoms. The molecule has 2 atom stereocenters. The van der Waals surface area contributed by atoms with Gasteiger partial charge in [-0.2, -0.15) is 0 Å². The Hall–Kier alpha value is -2.18. The van der Waals surface area contributed by atoms with Gasteiger partial charge in [0.25, 0.3) is 5.91 Å². The van der Waals surface area contributed by atoms with E-state index in [4.69, 9.17) is 0 Å². The highest BCUT2D eigenvalue weighted by Crippen LogP contribution is 2.25. The van der Waals surface area contributed by atoms with Gasteiger partial charge in [0, 0.05) is 19.1 Å². The summed E-state index contributed by atoms with van der Waals surface area (Å²) in [7, 11) is 0. The smallest absolute Gasteiger partial charge is 0.259 e. The number of phenols is 1. The number of halogens is 2. The predicted molar refractivity (Wildman–Crippen MR) is 89.2 cm³/mol. The molecule has 5 nitrogen and oxygen atoms in total. The van der Waals surface area contributed by atoms with Gasteiger partial charge in [-0.1, -0.05) is 13.3 Å². The first-order chi connectivity index (χ1) is 11.8. The second-order valence-electron chi connectivity index (χ2n) is 6.54. The molecule has 2 unspecified atom stereocenters. The van der Waals surface area contributed by atoms with Crippen molar-refractivity contribution in [2.45, 2.75) is 45.6 Å². The summed E-state index contributed by atoms with van der Waals surface area (Å²) in [6.45, 7) is 4.38. The highest BCUT2D eigenvalue weighted by molar-refractivity contribution is 5.95. The van der Waals surface area contributed by atoms with Gasteiger partial charge in [-0.05, 0) is 38.3 Å². The molecule has 0 spiro atoms. The van der Waals surface area contributed by atoms with Crippen LogP contribution in [0, 0.1) is 17.6 Å². The number of piperidine rings is 1. The Balaban J connectivity index is 2.09. The van der Waals surface area contributed by atoms with Crippen LogP contribution in [0.1, 0.15) is 49.9 Å². The zero-order valence-electron chi connectivity index (χ0n) is 14.5. The average molecular weight is 354 g/mol. The molecule has 2 amide bonds. The number of rotatable bonds is 5. The monoisotopic (exact) mass is 354 g/mol. The lowest BCUT2D eigenvalue weighted by Gasteiger charge is -2.32. The molecular weight excluding hydrogens is 330 g/mol. The predicted octanol–water partition coefficient (Wildman–Crippen LogP) is 2.83. The molecule has 1 aliphatic heterocycles. The van der Waals surface area contributed by atoms with Gasteiger partial charge >= 0.3 is 0 Å². The van der Waals surface area contributed by atoms with E-state index in [0.717, 1.165) is 25.0 Å². The average Bonchev–Trinajstić information content (AvgIpc) is 2.58. The second-order valence-corrected chi connectivity index (χ2v) is 6.54. The van der Waals surface area contributed by atoms with Crippen LogP contribution in [0.15, 0.2) is 12.1 Å². The van der Waals surface area contributed by atoms with Crippen LogP contribution in [0.3, 0.4) is 0 Å². The molecule has 1 fully saturated rings. The van der Waals surface area contributed by atoms with Crippen LogP contribution in [0.25, 0.3) is 0 Å². The Morgan fingerprint density at radius 3 is 2.80 bits per heavy atom. The number of aromatic hydroxyl groups is 1. The third-order valence-electron chi connectivity index (χ3n) is 4.47. The lowest BCUT2D eigenvalue weighted by Crippen LogP contribution is -2.47. The van der Waals surface area contributed by atoms with Gasteiger partial charge < -0.3 is 15.3 Å². The van der Waals surface area contributed by atoms with Crippen LogP contribution in [0.5, 0.6) is 5.75 Å². The van der Waals surface area contributed by atoms with E-state index in [0.29, 0.717) is 19.4 Å². The van der Waals surface area contributed by atoms with Crippen molar-refractivity contribution in [3.05, 3.63) is 29.3 Å². The van der Waals surface area contributed by atoms with Crippen molar-refractivity contribution in [3.8, 4) is 5.75 Å². The standard InChI is InChI=1S/C18H24F2N2O3/c1-3-5-11(2)21-17(24)12-6-4-9-22(10-12)18(25)15-13(19)7-8-14(23)16(15)20/h7-8,11-12,23H,3-6,9-10H2,1-2H3,(H,21,24). The van der Waals surface area contributed by atoms with E-state index < -0.39 is 34.8 Å². The lowest BCUT2D eigenvalue weighted by atomic mass is 9.95. The number of carbonyl (C=O) groups is 2. The first kappa shape index (κ1) is 19.1. The quantitative estimate of drug-likeness (QED) is 0.854. The van der Waals surface area contributed by atoms with Gasteiger partial charge in [0.1, 0.15) is 11.4 Å². The van der Waals surface area contributed by atoms with Crippen molar-refractivity contribution in [2.75, 3.05) is 13.1 Å². The molecule has 2 rings (SSSR count). The summed E-state index contributed by atoms with van der Waals surface area (Å²) >= 11 is 0. The Bertz CT molecular complexity index is 651. The van der Waals surface area contributed by atoms with Gasteiger partial charge in [0.05, 0.1) is 5.92 Å². The highest BCUT2D eigenvalue weighted by Gasteiger charge is 2.32. The third-order valence-corrected chi connectivity index (χ3v) is 4.47. The van der Waals surface area contributed by atoms with Crippen molar-refractivity contribution < 1.29 is 23.5 Å². The third kappa shape index (κ3) is 4.46. The Morgan fingerprint density at radius 1 is 1.40 bits per heavy atom. The summed E-state index contributed by atoms with van der Waals surface area (Å²) in [6, 6.07) is 1.76. The van der Waals surface area contributed by atoms with E-state index in [9.17, 15) is 23.5 Å². The van der Waals surface area contributed by atoms with Gasteiger partial charge in [-0.3, -0.25) is 9.59 Å². The number of phenolic OH excluding ortho intramolecular Hbond substituents is 1. The van der Waals surface area contributed by atoms with Gasteiger partial charge in [-0.25, -0.2) is 8.78 Å². The van der Waals surface area contributed by atoms with Crippen molar-refractivity contribution in [3.63, 3.8) is 0 Å². The minimum absolute atomic E-state index is 0.0459. The SMILES string of the molecule is CCCC(C)NC(=O)C1CCCN(C(=O)c2c(F)ccc(O)c2F)C1. The Labute approximate surface area is 146 Å². The Morgan fingerprint density at radius 2 is 2.12 bits per heavy atom. The largest absolute Gasteiger partial charge is 0.505 e. The highest BCUT2D eigenvalue weighted by atomic mass is 19.1. The molecule has 0 aliphatic carbocycles. The normalized spacial score (nSPS) is 18.7. The molecule has 1 aliphatic rings. The molecule has 7 heteroatoms. The van der Waals surface area contributed by atoms with E-state index in [1.165, 1.54) is 4.90 Å². The summed E-state index contributed by atoms with van der Waals surface area (Å²) in [5, 5.41) is 12.3. The van der Waals surface area contributed by atoms with Crippen LogP contribution < -0.4 is 5.32 Å². The van der Waals surface area contributed by atoms with Crippen molar-refractivity contribution in [1.82, 2.24) is 10.2 Å². The Kier molecular flexibility index (Phi) is 6.33. The van der Waals surface area contributed by atoms with Crippen LogP contribution in [-0.4, -0.2) is 41.0 Å². The van der Waals surface area contributed by atoms with Crippen LogP contribution >= 0.6 is 0 Å². The van der Waals surface area contributed by atoms with Gasteiger partial charge in [0.2, 0.25) is 5.91 Å². The van der Waals surface area contributed by atoms with Gasteiger partial charge in [-0.15, -0.1) is 0 Å². The van der Waals surface area contributed by atoms with Crippen molar-refractivity contribution in [1.29, 1.82) is 0 Å². The number of nitrogens with one attached hydrogen (secondary N) is 1. The van der Waals surface area contributed by atoms with Crippen LogP contribution in [0.4, 0.5) is 8.78 Å². The molecule has 25 heavy (non-hydrogen) atoms.